The van der Waals surface area contributed by atoms with E-state index in [2.05, 4.69) is 17.0 Å². The summed E-state index contributed by atoms with van der Waals surface area (Å²) in [6.45, 7) is 2.94. The number of hydrogen-bond donors (Lipinski definition) is 0. The van der Waals surface area contributed by atoms with Crippen molar-refractivity contribution in [1.82, 2.24) is 4.90 Å². The highest BCUT2D eigenvalue weighted by atomic mass is 35.5. The molecule has 8 nitrogen and oxygen atoms in total. The van der Waals surface area contributed by atoms with Crippen LogP contribution >= 0.6 is 11.6 Å². The highest BCUT2D eigenvalue weighted by Crippen LogP contribution is 2.51. The van der Waals surface area contributed by atoms with Crippen LogP contribution in [0.15, 0.2) is 89.3 Å². The molecule has 0 unspecified atom stereocenters. The molecule has 0 bridgehead atoms. The fourth-order valence-corrected chi connectivity index (χ4v) is 6.81. The summed E-state index contributed by atoms with van der Waals surface area (Å²) in [7, 11) is 0. The summed E-state index contributed by atoms with van der Waals surface area (Å²) in [6.07, 6.45) is 3.94. The number of rotatable bonds is 9. The Morgan fingerprint density at radius 1 is 0.864 bits per heavy atom. The van der Waals surface area contributed by atoms with Crippen LogP contribution in [0.4, 0.5) is 5.69 Å². The summed E-state index contributed by atoms with van der Waals surface area (Å²) in [6, 6.07) is 19.9. The summed E-state index contributed by atoms with van der Waals surface area (Å²) in [4.78, 5) is 40.3. The van der Waals surface area contributed by atoms with Crippen LogP contribution in [0, 0.1) is 10.1 Å². The van der Waals surface area contributed by atoms with Gasteiger partial charge in [0.25, 0.3) is 5.69 Å². The second-order valence-electron chi connectivity index (χ2n) is 11.3. The molecule has 0 atom stereocenters. The van der Waals surface area contributed by atoms with Crippen molar-refractivity contribution in [3.05, 3.63) is 121 Å². The number of Topliss-reactive ketones (excluding diaryl/α,β-unsaturated/α-hetero) is 2. The number of nitrogens with zero attached hydrogens (tertiary/aromatic N) is 2. The van der Waals surface area contributed by atoms with Crippen LogP contribution in [0.3, 0.4) is 0 Å². The lowest BCUT2D eigenvalue weighted by Crippen LogP contribution is -2.38. The Hall–Kier alpha value is -4.43. The predicted octanol–water partition coefficient (Wildman–Crippen LogP) is 7.84. The van der Waals surface area contributed by atoms with Crippen molar-refractivity contribution in [3.63, 3.8) is 0 Å². The van der Waals surface area contributed by atoms with Crippen molar-refractivity contribution < 1.29 is 24.0 Å². The molecule has 0 N–H and O–H groups in total. The van der Waals surface area contributed by atoms with Gasteiger partial charge in [0.05, 0.1) is 16.6 Å². The second-order valence-corrected chi connectivity index (χ2v) is 11.7. The van der Waals surface area contributed by atoms with Gasteiger partial charge in [0.1, 0.15) is 6.61 Å². The maximum atomic E-state index is 13.7. The van der Waals surface area contributed by atoms with Crippen LogP contribution in [0.1, 0.15) is 68.1 Å². The van der Waals surface area contributed by atoms with E-state index in [1.54, 1.807) is 18.2 Å². The van der Waals surface area contributed by atoms with Gasteiger partial charge in [-0.05, 0) is 73.6 Å². The molecule has 0 amide bonds. The number of ether oxygens (including phenoxy) is 2. The Labute approximate surface area is 261 Å². The van der Waals surface area contributed by atoms with E-state index in [0.717, 1.165) is 53.8 Å². The summed E-state index contributed by atoms with van der Waals surface area (Å²) in [5, 5.41) is 11.3. The average molecular weight is 613 g/mol. The summed E-state index contributed by atoms with van der Waals surface area (Å²) >= 11 is 6.87. The zero-order valence-corrected chi connectivity index (χ0v) is 25.3. The van der Waals surface area contributed by atoms with Crippen LogP contribution in [0.5, 0.6) is 11.5 Å². The van der Waals surface area contributed by atoms with Gasteiger partial charge in [0, 0.05) is 60.0 Å². The van der Waals surface area contributed by atoms with E-state index < -0.39 is 10.8 Å². The van der Waals surface area contributed by atoms with Gasteiger partial charge < -0.3 is 14.4 Å². The van der Waals surface area contributed by atoms with Crippen molar-refractivity contribution in [2.75, 3.05) is 6.61 Å². The zero-order valence-electron chi connectivity index (χ0n) is 24.5. The van der Waals surface area contributed by atoms with Gasteiger partial charge in [-0.1, -0.05) is 41.9 Å². The van der Waals surface area contributed by atoms with E-state index in [1.165, 1.54) is 12.1 Å². The molecule has 1 heterocycles. The normalized spacial score (nSPS) is 17.0. The lowest BCUT2D eigenvalue weighted by Gasteiger charge is -2.44. The van der Waals surface area contributed by atoms with Gasteiger partial charge in [-0.2, -0.15) is 0 Å². The van der Waals surface area contributed by atoms with Gasteiger partial charge in [-0.25, -0.2) is 0 Å². The smallest absolute Gasteiger partial charge is 0.269 e. The van der Waals surface area contributed by atoms with E-state index in [1.807, 2.05) is 31.2 Å². The number of nitro groups is 1. The first-order chi connectivity index (χ1) is 21.4. The van der Waals surface area contributed by atoms with Gasteiger partial charge in [0.15, 0.2) is 23.1 Å². The third-order valence-corrected chi connectivity index (χ3v) is 8.75. The number of ketones is 2. The Bertz CT molecular complexity index is 1640. The number of benzene rings is 3. The number of nitro benzene ring substituents is 1. The van der Waals surface area contributed by atoms with Crippen LogP contribution in [0.25, 0.3) is 0 Å². The van der Waals surface area contributed by atoms with E-state index in [0.29, 0.717) is 53.7 Å². The molecule has 0 radical (unpaired) electrons. The predicted molar refractivity (Wildman–Crippen MR) is 167 cm³/mol. The highest BCUT2D eigenvalue weighted by Gasteiger charge is 2.43. The molecule has 44 heavy (non-hydrogen) atoms. The largest absolute Gasteiger partial charge is 0.490 e. The van der Waals surface area contributed by atoms with Gasteiger partial charge >= 0.3 is 0 Å². The summed E-state index contributed by atoms with van der Waals surface area (Å²) in [5.41, 5.74) is 5.93. The third kappa shape index (κ3) is 5.74. The van der Waals surface area contributed by atoms with Crippen LogP contribution in [-0.2, 0) is 22.7 Å². The highest BCUT2D eigenvalue weighted by molar-refractivity contribution is 6.32. The number of non-ortho nitro benzene ring substituents is 1. The molecule has 0 spiro atoms. The molecule has 1 aliphatic heterocycles. The monoisotopic (exact) mass is 612 g/mol. The van der Waals surface area contributed by atoms with E-state index in [-0.39, 0.29) is 23.9 Å². The Morgan fingerprint density at radius 3 is 2.09 bits per heavy atom. The molecule has 3 aromatic carbocycles. The lowest BCUT2D eigenvalue weighted by molar-refractivity contribution is -0.384. The molecule has 6 rings (SSSR count). The molecule has 3 aromatic rings. The molecule has 3 aliphatic rings. The lowest BCUT2D eigenvalue weighted by atomic mass is 9.71. The fraction of sp³-hybridized carbons (Fsp3) is 0.314. The maximum absolute atomic E-state index is 13.7. The number of carbonyl (C=O) groups excluding carboxylic acids is 2. The van der Waals surface area contributed by atoms with Crippen molar-refractivity contribution in [1.29, 1.82) is 0 Å². The Morgan fingerprint density at radius 2 is 1.50 bits per heavy atom. The molecule has 0 aromatic heterocycles. The first-order valence-electron chi connectivity index (χ1n) is 15.0. The van der Waals surface area contributed by atoms with E-state index in [4.69, 9.17) is 21.1 Å². The third-order valence-electron chi connectivity index (χ3n) is 8.47. The van der Waals surface area contributed by atoms with E-state index >= 15 is 0 Å². The first-order valence-corrected chi connectivity index (χ1v) is 15.4. The molecular formula is C35H33ClN2O6. The van der Waals surface area contributed by atoms with E-state index in [9.17, 15) is 19.7 Å². The fourth-order valence-electron chi connectivity index (χ4n) is 6.53. The molecule has 0 saturated carbocycles. The SMILES string of the molecule is CCOc1cc(C2C3=C(CCCC3=O)N(Cc3ccccc3)C3=C2C(=O)CCC3)cc(Cl)c1OCc1ccc([N+](=O)[O-])cc1. The van der Waals surface area contributed by atoms with Gasteiger partial charge in [-0.15, -0.1) is 0 Å². The summed E-state index contributed by atoms with van der Waals surface area (Å²) < 4.78 is 12.1. The molecule has 0 fully saturated rings. The van der Waals surface area contributed by atoms with Gasteiger partial charge in [0.2, 0.25) is 0 Å². The zero-order chi connectivity index (χ0) is 30.8. The number of halogens is 1. The molecule has 226 valence electrons. The van der Waals surface area contributed by atoms with Crippen molar-refractivity contribution in [3.8, 4) is 11.5 Å². The first kappa shape index (κ1) is 29.6. The van der Waals surface area contributed by atoms with Gasteiger partial charge in [-0.3, -0.25) is 19.7 Å². The second kappa shape index (κ2) is 12.7. The van der Waals surface area contributed by atoms with Crippen molar-refractivity contribution in [2.24, 2.45) is 0 Å². The number of hydrogen-bond acceptors (Lipinski definition) is 7. The quantitative estimate of drug-likeness (QED) is 0.179. The Balaban J connectivity index is 1.42. The molecule has 2 aliphatic carbocycles. The van der Waals surface area contributed by atoms with Crippen molar-refractivity contribution >= 4 is 28.9 Å². The van der Waals surface area contributed by atoms with Crippen LogP contribution in [-0.4, -0.2) is 28.0 Å². The Kier molecular flexibility index (Phi) is 8.53. The number of allylic oxidation sites excluding steroid dienone is 4. The average Bonchev–Trinajstić information content (AvgIpc) is 3.02. The molecule has 0 saturated heterocycles. The van der Waals surface area contributed by atoms with Crippen molar-refractivity contribution in [2.45, 2.75) is 64.5 Å². The number of carbonyl (C=O) groups is 2. The minimum Gasteiger partial charge on any atom is -0.490 e. The minimum absolute atomic E-state index is 0.00201. The topological polar surface area (TPSA) is 99.0 Å². The standard InChI is InChI=1S/C35H33ClN2O6/c1-2-43-31-19-24(18-26(36)35(31)44-21-23-14-16-25(17-15-23)38(41)42)32-33-27(10-6-12-29(33)39)37(20-22-8-4-3-5-9-22)28-11-7-13-30(40)34(28)32/h3-5,8-9,14-19,32H,2,6-7,10-13,20-21H2,1H3. The van der Waals surface area contributed by atoms with Crippen LogP contribution in [0.2, 0.25) is 5.02 Å². The van der Waals surface area contributed by atoms with Crippen LogP contribution < -0.4 is 9.47 Å². The molecular weight excluding hydrogens is 580 g/mol. The molecule has 9 heteroatoms. The minimum atomic E-state index is -0.534. The maximum Gasteiger partial charge on any atom is 0.269 e. The summed E-state index contributed by atoms with van der Waals surface area (Å²) in [5.74, 6) is 0.344.